The van der Waals surface area contributed by atoms with Gasteiger partial charge < -0.3 is 5.11 Å². The van der Waals surface area contributed by atoms with E-state index in [-0.39, 0.29) is 5.75 Å². The second kappa shape index (κ2) is 5.17. The third-order valence-electron chi connectivity index (χ3n) is 1.87. The first kappa shape index (κ1) is 10.4. The van der Waals surface area contributed by atoms with Crippen LogP contribution in [0.1, 0.15) is 25.3 Å². The predicted octanol–water partition coefficient (Wildman–Crippen LogP) is 3.60. The summed E-state index contributed by atoms with van der Waals surface area (Å²) < 4.78 is 0. The van der Waals surface area contributed by atoms with Crippen LogP contribution in [0.15, 0.2) is 29.5 Å². The summed E-state index contributed by atoms with van der Waals surface area (Å²) in [7, 11) is 0. The number of nitroso groups, excluding NO2 is 1. The maximum absolute atomic E-state index is 10.2. The molecule has 0 bridgehead atoms. The Balaban J connectivity index is 2.89. The quantitative estimate of drug-likeness (QED) is 0.739. The molecule has 1 aromatic carbocycles. The third-order valence-corrected chi connectivity index (χ3v) is 1.87. The molecule has 0 saturated heterocycles. The molecule has 0 atom stereocenters. The molecule has 3 nitrogen and oxygen atoms in total. The van der Waals surface area contributed by atoms with E-state index < -0.39 is 0 Å². The highest BCUT2D eigenvalue weighted by Crippen LogP contribution is 2.24. The first-order valence-electron chi connectivity index (χ1n) is 4.61. The number of benzene rings is 1. The van der Waals surface area contributed by atoms with Crippen molar-refractivity contribution in [2.75, 3.05) is 0 Å². The topological polar surface area (TPSA) is 49.7 Å². The van der Waals surface area contributed by atoms with Gasteiger partial charge in [0.15, 0.2) is 0 Å². The molecule has 1 aromatic rings. The van der Waals surface area contributed by atoms with Crippen LogP contribution in [-0.4, -0.2) is 5.11 Å². The summed E-state index contributed by atoms with van der Waals surface area (Å²) >= 11 is 0. The SMILES string of the molecule is CCC/C=C\c1cc(N=O)ccc1O. The van der Waals surface area contributed by atoms with E-state index in [1.165, 1.54) is 12.1 Å². The van der Waals surface area contributed by atoms with Crippen molar-refractivity contribution in [3.63, 3.8) is 0 Å². The van der Waals surface area contributed by atoms with Gasteiger partial charge >= 0.3 is 0 Å². The number of phenolic OH excluding ortho intramolecular Hbond substituents is 1. The molecule has 0 aliphatic carbocycles. The van der Waals surface area contributed by atoms with Crippen LogP contribution in [0.5, 0.6) is 5.75 Å². The highest BCUT2D eigenvalue weighted by Gasteiger charge is 1.98. The summed E-state index contributed by atoms with van der Waals surface area (Å²) in [5.74, 6) is 0.171. The summed E-state index contributed by atoms with van der Waals surface area (Å²) in [5, 5.41) is 12.2. The molecule has 3 heteroatoms. The van der Waals surface area contributed by atoms with E-state index in [4.69, 9.17) is 0 Å². The van der Waals surface area contributed by atoms with Crippen LogP contribution in [0.3, 0.4) is 0 Å². The van der Waals surface area contributed by atoms with Crippen molar-refractivity contribution in [2.24, 2.45) is 5.18 Å². The number of allylic oxidation sites excluding steroid dienone is 1. The Morgan fingerprint density at radius 1 is 1.50 bits per heavy atom. The lowest BCUT2D eigenvalue weighted by molar-refractivity contribution is 0.474. The molecule has 1 rings (SSSR count). The number of unbranched alkanes of at least 4 members (excludes halogenated alkanes) is 1. The van der Waals surface area contributed by atoms with Gasteiger partial charge in [-0.1, -0.05) is 25.5 Å². The van der Waals surface area contributed by atoms with E-state index in [1.807, 2.05) is 6.08 Å². The summed E-state index contributed by atoms with van der Waals surface area (Å²) in [6, 6.07) is 4.52. The van der Waals surface area contributed by atoms with Crippen LogP contribution in [0.2, 0.25) is 0 Å². The minimum atomic E-state index is 0.171. The molecule has 0 unspecified atom stereocenters. The smallest absolute Gasteiger partial charge is 0.122 e. The monoisotopic (exact) mass is 191 g/mol. The summed E-state index contributed by atoms with van der Waals surface area (Å²) in [6.07, 6.45) is 5.78. The van der Waals surface area contributed by atoms with Crippen molar-refractivity contribution < 1.29 is 5.11 Å². The van der Waals surface area contributed by atoms with Crippen LogP contribution in [-0.2, 0) is 0 Å². The fourth-order valence-electron chi connectivity index (χ4n) is 1.11. The van der Waals surface area contributed by atoms with E-state index >= 15 is 0 Å². The van der Waals surface area contributed by atoms with E-state index in [2.05, 4.69) is 12.1 Å². The van der Waals surface area contributed by atoms with Crippen LogP contribution in [0.4, 0.5) is 5.69 Å². The lowest BCUT2D eigenvalue weighted by Crippen LogP contribution is -1.74. The predicted molar refractivity (Wildman–Crippen MR) is 57.5 cm³/mol. The van der Waals surface area contributed by atoms with Crippen molar-refractivity contribution in [1.29, 1.82) is 0 Å². The van der Waals surface area contributed by atoms with Gasteiger partial charge in [0.1, 0.15) is 11.4 Å². The Kier molecular flexibility index (Phi) is 3.85. The minimum absolute atomic E-state index is 0.171. The number of nitrogens with zero attached hydrogens (tertiary/aromatic N) is 1. The largest absolute Gasteiger partial charge is 0.507 e. The second-order valence-corrected chi connectivity index (χ2v) is 3.03. The molecule has 14 heavy (non-hydrogen) atoms. The van der Waals surface area contributed by atoms with Crippen LogP contribution >= 0.6 is 0 Å². The summed E-state index contributed by atoms with van der Waals surface area (Å²) in [4.78, 5) is 10.2. The van der Waals surface area contributed by atoms with Gasteiger partial charge in [-0.25, -0.2) is 0 Å². The maximum Gasteiger partial charge on any atom is 0.122 e. The standard InChI is InChI=1S/C11H13NO2/c1-2-3-4-5-9-8-10(12-14)6-7-11(9)13/h4-8,13H,2-3H2,1H3/b5-4-. The van der Waals surface area contributed by atoms with E-state index in [9.17, 15) is 10.0 Å². The highest BCUT2D eigenvalue weighted by atomic mass is 16.3. The summed E-state index contributed by atoms with van der Waals surface area (Å²) in [6.45, 7) is 2.08. The van der Waals surface area contributed by atoms with Crippen molar-refractivity contribution in [3.05, 3.63) is 34.7 Å². The highest BCUT2D eigenvalue weighted by molar-refractivity contribution is 5.61. The maximum atomic E-state index is 10.2. The molecule has 0 aliphatic rings. The van der Waals surface area contributed by atoms with Crippen molar-refractivity contribution >= 4 is 11.8 Å². The Morgan fingerprint density at radius 2 is 2.29 bits per heavy atom. The van der Waals surface area contributed by atoms with E-state index in [0.717, 1.165) is 12.8 Å². The van der Waals surface area contributed by atoms with Gasteiger partial charge in [-0.3, -0.25) is 0 Å². The van der Waals surface area contributed by atoms with Crippen molar-refractivity contribution in [2.45, 2.75) is 19.8 Å². The molecular weight excluding hydrogens is 178 g/mol. The van der Waals surface area contributed by atoms with Crippen LogP contribution in [0.25, 0.3) is 6.08 Å². The Hall–Kier alpha value is -1.64. The van der Waals surface area contributed by atoms with Gasteiger partial charge in [0.2, 0.25) is 0 Å². The number of rotatable bonds is 4. The van der Waals surface area contributed by atoms with Gasteiger partial charge in [-0.05, 0) is 29.8 Å². The van der Waals surface area contributed by atoms with Gasteiger partial charge in [-0.15, -0.1) is 4.91 Å². The second-order valence-electron chi connectivity index (χ2n) is 3.03. The molecule has 74 valence electrons. The number of phenols is 1. The zero-order chi connectivity index (χ0) is 10.4. The first-order valence-corrected chi connectivity index (χ1v) is 4.61. The zero-order valence-electron chi connectivity index (χ0n) is 8.10. The van der Waals surface area contributed by atoms with Crippen molar-refractivity contribution in [1.82, 2.24) is 0 Å². The molecule has 0 heterocycles. The van der Waals surface area contributed by atoms with E-state index in [0.29, 0.717) is 11.3 Å². The molecule has 0 fully saturated rings. The van der Waals surface area contributed by atoms with Gasteiger partial charge in [0.25, 0.3) is 0 Å². The summed E-state index contributed by atoms with van der Waals surface area (Å²) in [5.41, 5.74) is 0.967. The average Bonchev–Trinajstić information content (AvgIpc) is 2.21. The Morgan fingerprint density at radius 3 is 2.93 bits per heavy atom. The first-order chi connectivity index (χ1) is 6.77. The Labute approximate surface area is 83.1 Å². The molecule has 0 spiro atoms. The number of aromatic hydroxyl groups is 1. The lowest BCUT2D eigenvalue weighted by atomic mass is 10.1. The lowest BCUT2D eigenvalue weighted by Gasteiger charge is -1.98. The molecule has 0 aliphatic heterocycles. The zero-order valence-corrected chi connectivity index (χ0v) is 8.10. The van der Waals surface area contributed by atoms with Crippen molar-refractivity contribution in [3.8, 4) is 5.75 Å². The average molecular weight is 191 g/mol. The van der Waals surface area contributed by atoms with E-state index in [1.54, 1.807) is 12.1 Å². The van der Waals surface area contributed by atoms with Crippen LogP contribution in [0, 0.1) is 4.91 Å². The Bertz CT molecular complexity index is 345. The fraction of sp³-hybridized carbons (Fsp3) is 0.273. The van der Waals surface area contributed by atoms with Gasteiger partial charge in [0, 0.05) is 5.56 Å². The minimum Gasteiger partial charge on any atom is -0.507 e. The van der Waals surface area contributed by atoms with Gasteiger partial charge in [0.05, 0.1) is 0 Å². The molecular formula is C11H13NO2. The molecule has 0 radical (unpaired) electrons. The van der Waals surface area contributed by atoms with Gasteiger partial charge in [-0.2, -0.15) is 0 Å². The molecule has 0 amide bonds. The fourth-order valence-corrected chi connectivity index (χ4v) is 1.11. The number of hydrogen-bond donors (Lipinski definition) is 1. The molecule has 0 aromatic heterocycles. The van der Waals surface area contributed by atoms with Crippen LogP contribution < -0.4 is 0 Å². The number of hydrogen-bond acceptors (Lipinski definition) is 3. The molecule has 0 saturated carbocycles. The normalized spacial score (nSPS) is 10.6. The third kappa shape index (κ3) is 2.69. The molecule has 1 N–H and O–H groups in total.